The van der Waals surface area contributed by atoms with Gasteiger partial charge in [-0.2, -0.15) is 9.82 Å². The third-order valence-electron chi connectivity index (χ3n) is 2.66. The molecule has 7 nitrogen and oxygen atoms in total. The lowest BCUT2D eigenvalue weighted by molar-refractivity contribution is -0.138. The van der Waals surface area contributed by atoms with Gasteiger partial charge in [-0.1, -0.05) is 30.3 Å². The zero-order valence-corrected chi connectivity index (χ0v) is 11.2. The Labute approximate surface area is 115 Å². The Morgan fingerprint density at radius 3 is 2.60 bits per heavy atom. The molecule has 2 rings (SSSR count). The normalized spacial score (nSPS) is 13.0. The lowest BCUT2D eigenvalue weighted by Crippen LogP contribution is -2.42. The first-order chi connectivity index (χ1) is 9.49. The second kappa shape index (κ2) is 5.85. The van der Waals surface area contributed by atoms with Gasteiger partial charge >= 0.3 is 5.97 Å². The Morgan fingerprint density at radius 1 is 1.35 bits per heavy atom. The summed E-state index contributed by atoms with van der Waals surface area (Å²) in [6.07, 6.45) is 2.36. The second-order valence-electron chi connectivity index (χ2n) is 4.14. The van der Waals surface area contributed by atoms with Gasteiger partial charge in [-0.25, -0.2) is 8.42 Å². The van der Waals surface area contributed by atoms with Crippen LogP contribution < -0.4 is 4.72 Å². The Bertz CT molecular complexity index is 668. The number of hydrogen-bond donors (Lipinski definition) is 3. The van der Waals surface area contributed by atoms with Crippen molar-refractivity contribution in [3.8, 4) is 0 Å². The number of aromatic nitrogens is 2. The van der Waals surface area contributed by atoms with E-state index >= 15 is 0 Å². The van der Waals surface area contributed by atoms with Crippen molar-refractivity contribution in [1.82, 2.24) is 14.9 Å². The number of sulfonamides is 1. The van der Waals surface area contributed by atoms with Crippen molar-refractivity contribution >= 4 is 16.0 Å². The third-order valence-corrected chi connectivity index (χ3v) is 4.10. The van der Waals surface area contributed by atoms with E-state index < -0.39 is 22.0 Å². The topological polar surface area (TPSA) is 112 Å². The molecule has 1 atom stereocenters. The molecule has 0 fully saturated rings. The van der Waals surface area contributed by atoms with E-state index in [2.05, 4.69) is 14.9 Å². The zero-order chi connectivity index (χ0) is 14.6. The minimum absolute atomic E-state index is 0.0628. The molecular weight excluding hydrogens is 282 g/mol. The highest BCUT2D eigenvalue weighted by molar-refractivity contribution is 7.89. The van der Waals surface area contributed by atoms with Crippen LogP contribution in [0, 0.1) is 0 Å². The fraction of sp³-hybridized carbons (Fsp3) is 0.167. The third kappa shape index (κ3) is 3.43. The molecule has 8 heteroatoms. The fourth-order valence-corrected chi connectivity index (χ4v) is 2.76. The molecule has 0 unspecified atom stereocenters. The standard InChI is InChI=1S/C12H13N3O4S/c16-12(17)11(6-9-4-2-1-3-5-9)15-20(18,19)10-7-13-14-8-10/h1-5,7-8,11,15H,6H2,(H,13,14)(H,16,17)/t11-/m1/s1. The Hall–Kier alpha value is -2.19. The minimum atomic E-state index is -3.91. The average Bonchev–Trinajstić information content (AvgIpc) is 2.93. The van der Waals surface area contributed by atoms with Gasteiger partial charge in [0.2, 0.25) is 10.0 Å². The summed E-state index contributed by atoms with van der Waals surface area (Å²) in [5, 5.41) is 15.0. The van der Waals surface area contributed by atoms with E-state index in [9.17, 15) is 13.2 Å². The van der Waals surface area contributed by atoms with E-state index in [4.69, 9.17) is 5.11 Å². The van der Waals surface area contributed by atoms with Crippen molar-refractivity contribution in [3.63, 3.8) is 0 Å². The number of nitrogens with one attached hydrogen (secondary N) is 2. The number of carboxylic acid groups (broad SMARTS) is 1. The lowest BCUT2D eigenvalue weighted by Gasteiger charge is -2.14. The summed E-state index contributed by atoms with van der Waals surface area (Å²) in [6, 6.07) is 7.56. The molecule has 1 aromatic carbocycles. The number of hydrogen-bond acceptors (Lipinski definition) is 4. The maximum Gasteiger partial charge on any atom is 0.322 e. The lowest BCUT2D eigenvalue weighted by atomic mass is 10.1. The van der Waals surface area contributed by atoms with Gasteiger partial charge in [-0.3, -0.25) is 9.89 Å². The molecule has 0 aliphatic carbocycles. The second-order valence-corrected chi connectivity index (χ2v) is 5.85. The van der Waals surface area contributed by atoms with Crippen molar-refractivity contribution in [1.29, 1.82) is 0 Å². The first-order valence-electron chi connectivity index (χ1n) is 5.77. The number of carboxylic acids is 1. The molecule has 0 saturated carbocycles. The first-order valence-corrected chi connectivity index (χ1v) is 7.25. The largest absolute Gasteiger partial charge is 0.480 e. The van der Waals surface area contributed by atoms with E-state index in [1.165, 1.54) is 6.20 Å². The summed E-state index contributed by atoms with van der Waals surface area (Å²) in [6.45, 7) is 0. The van der Waals surface area contributed by atoms with Crippen LogP contribution in [0.25, 0.3) is 0 Å². The minimum Gasteiger partial charge on any atom is -0.480 e. The van der Waals surface area contributed by atoms with Crippen LogP contribution in [0.4, 0.5) is 0 Å². The number of carbonyl (C=O) groups is 1. The van der Waals surface area contributed by atoms with Crippen molar-refractivity contribution < 1.29 is 18.3 Å². The van der Waals surface area contributed by atoms with E-state index in [0.717, 1.165) is 11.8 Å². The van der Waals surface area contributed by atoms with Gasteiger partial charge in [0.05, 0.1) is 6.20 Å². The van der Waals surface area contributed by atoms with Gasteiger partial charge in [-0.15, -0.1) is 0 Å². The van der Waals surface area contributed by atoms with Gasteiger partial charge in [0.25, 0.3) is 0 Å². The van der Waals surface area contributed by atoms with Crippen molar-refractivity contribution in [2.24, 2.45) is 0 Å². The van der Waals surface area contributed by atoms with E-state index in [-0.39, 0.29) is 11.3 Å². The summed E-state index contributed by atoms with van der Waals surface area (Å²) in [7, 11) is -3.91. The SMILES string of the molecule is O=C(O)[C@@H](Cc1ccccc1)NS(=O)(=O)c1cn[nH]c1. The molecule has 0 saturated heterocycles. The molecule has 0 bridgehead atoms. The van der Waals surface area contributed by atoms with E-state index in [0.29, 0.717) is 0 Å². The number of H-pyrrole nitrogens is 1. The smallest absolute Gasteiger partial charge is 0.322 e. The van der Waals surface area contributed by atoms with Gasteiger partial charge < -0.3 is 5.11 Å². The number of aliphatic carboxylic acids is 1. The Balaban J connectivity index is 2.17. The molecule has 2 aromatic rings. The molecule has 3 N–H and O–H groups in total. The highest BCUT2D eigenvalue weighted by atomic mass is 32.2. The van der Waals surface area contributed by atoms with Crippen LogP contribution in [0.5, 0.6) is 0 Å². The molecule has 106 valence electrons. The van der Waals surface area contributed by atoms with E-state index in [1.54, 1.807) is 30.3 Å². The van der Waals surface area contributed by atoms with Crippen LogP contribution in [0.3, 0.4) is 0 Å². The highest BCUT2D eigenvalue weighted by Crippen LogP contribution is 2.09. The quantitative estimate of drug-likeness (QED) is 0.713. The van der Waals surface area contributed by atoms with Gasteiger partial charge in [0.15, 0.2) is 0 Å². The number of benzene rings is 1. The summed E-state index contributed by atoms with van der Waals surface area (Å²) >= 11 is 0. The highest BCUT2D eigenvalue weighted by Gasteiger charge is 2.26. The zero-order valence-electron chi connectivity index (χ0n) is 10.4. The molecule has 0 radical (unpaired) electrons. The molecular formula is C12H13N3O4S. The van der Waals surface area contributed by atoms with Crippen molar-refractivity contribution in [2.45, 2.75) is 17.4 Å². The molecule has 0 aliphatic rings. The van der Waals surface area contributed by atoms with E-state index in [1.807, 2.05) is 0 Å². The first kappa shape index (κ1) is 14.2. The number of aromatic amines is 1. The number of nitrogens with zero attached hydrogens (tertiary/aromatic N) is 1. The van der Waals surface area contributed by atoms with Crippen LogP contribution in [0.15, 0.2) is 47.6 Å². The van der Waals surface area contributed by atoms with Crippen LogP contribution in [-0.4, -0.2) is 35.7 Å². The number of rotatable bonds is 6. The predicted octanol–water partition coefficient (Wildman–Crippen LogP) is 0.384. The van der Waals surface area contributed by atoms with Crippen LogP contribution >= 0.6 is 0 Å². The van der Waals surface area contributed by atoms with Crippen molar-refractivity contribution in [3.05, 3.63) is 48.3 Å². The Kier molecular flexibility index (Phi) is 4.16. The maximum atomic E-state index is 12.0. The van der Waals surface area contributed by atoms with Gasteiger partial charge in [-0.05, 0) is 12.0 Å². The molecule has 1 aromatic heterocycles. The Morgan fingerprint density at radius 2 is 2.05 bits per heavy atom. The average molecular weight is 295 g/mol. The molecule has 1 heterocycles. The molecule has 0 amide bonds. The van der Waals surface area contributed by atoms with Gasteiger partial charge in [0.1, 0.15) is 10.9 Å². The van der Waals surface area contributed by atoms with Crippen LogP contribution in [0.1, 0.15) is 5.56 Å². The monoisotopic (exact) mass is 295 g/mol. The summed E-state index contributed by atoms with van der Waals surface area (Å²) in [4.78, 5) is 11.1. The van der Waals surface area contributed by atoms with Gasteiger partial charge in [0, 0.05) is 6.20 Å². The molecule has 0 spiro atoms. The summed E-state index contributed by atoms with van der Waals surface area (Å²) in [5.74, 6) is -1.24. The molecule has 20 heavy (non-hydrogen) atoms. The van der Waals surface area contributed by atoms with Crippen LogP contribution in [0.2, 0.25) is 0 Å². The van der Waals surface area contributed by atoms with Crippen molar-refractivity contribution in [2.75, 3.05) is 0 Å². The fourth-order valence-electron chi connectivity index (χ4n) is 1.67. The summed E-state index contributed by atoms with van der Waals surface area (Å²) in [5.41, 5.74) is 0.731. The summed E-state index contributed by atoms with van der Waals surface area (Å²) < 4.78 is 26.1. The van der Waals surface area contributed by atoms with Crippen LogP contribution in [-0.2, 0) is 21.2 Å². The molecule has 0 aliphatic heterocycles. The predicted molar refractivity (Wildman–Crippen MR) is 70.5 cm³/mol. The maximum absolute atomic E-state index is 12.0.